The van der Waals surface area contributed by atoms with Gasteiger partial charge in [-0.1, -0.05) is 6.92 Å². The van der Waals surface area contributed by atoms with Crippen molar-refractivity contribution >= 4 is 12.3 Å². The van der Waals surface area contributed by atoms with Crippen LogP contribution in [-0.4, -0.2) is 30.5 Å². The van der Waals surface area contributed by atoms with Gasteiger partial charge in [-0.3, -0.25) is 0 Å². The third-order valence-electron chi connectivity index (χ3n) is 1.76. The summed E-state index contributed by atoms with van der Waals surface area (Å²) in [5.41, 5.74) is 0. The van der Waals surface area contributed by atoms with Crippen molar-refractivity contribution in [2.75, 3.05) is 7.11 Å². The molecule has 1 atom stereocenters. The Bertz CT molecular complexity index is 179. The Morgan fingerprint density at radius 3 is 3.18 bits per heavy atom. The van der Waals surface area contributed by atoms with Crippen LogP contribution in [0.2, 0.25) is 0 Å². The summed E-state index contributed by atoms with van der Waals surface area (Å²) in [7, 11) is 1.36. The first-order valence-corrected chi connectivity index (χ1v) is 3.69. The van der Waals surface area contributed by atoms with Crippen molar-refractivity contribution < 1.29 is 9.53 Å². The number of nitrogens with zero attached hydrogens (tertiary/aromatic N) is 2. The molecule has 0 saturated carbocycles. The van der Waals surface area contributed by atoms with Crippen molar-refractivity contribution in [1.29, 1.82) is 0 Å². The molecule has 4 nitrogen and oxygen atoms in total. The van der Waals surface area contributed by atoms with Gasteiger partial charge in [0.2, 0.25) is 0 Å². The predicted molar refractivity (Wildman–Crippen MR) is 41.4 cm³/mol. The molecular weight excluding hydrogens is 144 g/mol. The topological polar surface area (TPSA) is 41.9 Å². The molecule has 1 amide bonds. The molecule has 0 aromatic rings. The molecule has 0 bridgehead atoms. The highest BCUT2D eigenvalue weighted by Crippen LogP contribution is 2.14. The Kier molecular flexibility index (Phi) is 2.46. The first-order chi connectivity index (χ1) is 5.29. The molecule has 0 fully saturated rings. The Morgan fingerprint density at radius 1 is 1.91 bits per heavy atom. The number of hydrogen-bond acceptors (Lipinski definition) is 3. The second-order valence-corrected chi connectivity index (χ2v) is 2.41. The minimum absolute atomic E-state index is 0.197. The molecule has 0 spiro atoms. The largest absolute Gasteiger partial charge is 0.451 e. The molecule has 62 valence electrons. The molecule has 1 rings (SSSR count). The van der Waals surface area contributed by atoms with Gasteiger partial charge in [-0.05, 0) is 6.42 Å². The lowest BCUT2D eigenvalue weighted by molar-refractivity contribution is 0.112. The number of amides is 1. The maximum Gasteiger partial charge on any atom is 0.430 e. The van der Waals surface area contributed by atoms with Gasteiger partial charge >= 0.3 is 6.09 Å². The summed E-state index contributed by atoms with van der Waals surface area (Å²) in [6, 6.07) is 0.197. The van der Waals surface area contributed by atoms with Crippen LogP contribution in [0.25, 0.3) is 0 Å². The highest BCUT2D eigenvalue weighted by Gasteiger charge is 2.25. The van der Waals surface area contributed by atoms with Gasteiger partial charge < -0.3 is 4.74 Å². The van der Waals surface area contributed by atoms with Gasteiger partial charge in [-0.2, -0.15) is 10.1 Å². The SMILES string of the molecule is CCC1CC=NN1C(=O)OC. The molecule has 0 aromatic heterocycles. The summed E-state index contributed by atoms with van der Waals surface area (Å²) >= 11 is 0. The van der Waals surface area contributed by atoms with Crippen molar-refractivity contribution in [3.8, 4) is 0 Å². The molecule has 0 N–H and O–H groups in total. The van der Waals surface area contributed by atoms with E-state index in [-0.39, 0.29) is 12.1 Å². The fourth-order valence-corrected chi connectivity index (χ4v) is 1.08. The average molecular weight is 156 g/mol. The molecule has 1 heterocycles. The fourth-order valence-electron chi connectivity index (χ4n) is 1.08. The second kappa shape index (κ2) is 3.37. The van der Waals surface area contributed by atoms with Crippen molar-refractivity contribution in [3.63, 3.8) is 0 Å². The molecule has 1 unspecified atom stereocenters. The molecule has 0 aliphatic carbocycles. The minimum atomic E-state index is -0.370. The molecule has 0 radical (unpaired) electrons. The van der Waals surface area contributed by atoms with E-state index >= 15 is 0 Å². The molecule has 1 aliphatic heterocycles. The quantitative estimate of drug-likeness (QED) is 0.572. The second-order valence-electron chi connectivity index (χ2n) is 2.41. The van der Waals surface area contributed by atoms with E-state index in [1.807, 2.05) is 6.92 Å². The van der Waals surface area contributed by atoms with E-state index in [0.717, 1.165) is 12.8 Å². The number of methoxy groups -OCH3 is 1. The van der Waals surface area contributed by atoms with Gasteiger partial charge in [0, 0.05) is 12.6 Å². The predicted octanol–water partition coefficient (Wildman–Crippen LogP) is 1.22. The summed E-state index contributed by atoms with van der Waals surface area (Å²) in [6.07, 6.45) is 3.12. The zero-order valence-electron chi connectivity index (χ0n) is 6.78. The van der Waals surface area contributed by atoms with E-state index in [4.69, 9.17) is 0 Å². The van der Waals surface area contributed by atoms with Crippen molar-refractivity contribution in [1.82, 2.24) is 5.01 Å². The summed E-state index contributed by atoms with van der Waals surface area (Å²) in [5.74, 6) is 0. The smallest absolute Gasteiger partial charge is 0.430 e. The summed E-state index contributed by atoms with van der Waals surface area (Å²) in [4.78, 5) is 11.0. The van der Waals surface area contributed by atoms with Crippen LogP contribution in [0.15, 0.2) is 5.10 Å². The van der Waals surface area contributed by atoms with E-state index in [9.17, 15) is 4.79 Å². The van der Waals surface area contributed by atoms with E-state index in [1.54, 1.807) is 6.21 Å². The van der Waals surface area contributed by atoms with Gasteiger partial charge in [-0.15, -0.1) is 0 Å². The number of rotatable bonds is 1. The van der Waals surface area contributed by atoms with Crippen LogP contribution in [0.5, 0.6) is 0 Å². The summed E-state index contributed by atoms with van der Waals surface area (Å²) < 4.78 is 4.54. The Morgan fingerprint density at radius 2 is 2.64 bits per heavy atom. The Balaban J connectivity index is 2.55. The van der Waals surface area contributed by atoms with E-state index < -0.39 is 0 Å². The Hall–Kier alpha value is -1.06. The van der Waals surface area contributed by atoms with Crippen LogP contribution < -0.4 is 0 Å². The van der Waals surface area contributed by atoms with E-state index in [2.05, 4.69) is 9.84 Å². The number of carbonyl (C=O) groups excluding carboxylic acids is 1. The van der Waals surface area contributed by atoms with Gasteiger partial charge in [0.25, 0.3) is 0 Å². The highest BCUT2D eigenvalue weighted by molar-refractivity contribution is 5.73. The maximum absolute atomic E-state index is 11.0. The number of hydrogen-bond donors (Lipinski definition) is 0. The Labute approximate surface area is 65.8 Å². The molecule has 4 heteroatoms. The molecule has 0 aromatic carbocycles. The molecule has 1 aliphatic rings. The zero-order chi connectivity index (χ0) is 8.27. The van der Waals surface area contributed by atoms with Crippen LogP contribution in [0.1, 0.15) is 19.8 Å². The number of ether oxygens (including phenoxy) is 1. The normalized spacial score (nSPS) is 22.4. The fraction of sp³-hybridized carbons (Fsp3) is 0.714. The van der Waals surface area contributed by atoms with Crippen LogP contribution in [-0.2, 0) is 4.74 Å². The first kappa shape index (κ1) is 8.04. The zero-order valence-corrected chi connectivity index (χ0v) is 6.78. The summed E-state index contributed by atoms with van der Waals surface area (Å²) in [5, 5.41) is 5.28. The lowest BCUT2D eigenvalue weighted by atomic mass is 10.2. The van der Waals surface area contributed by atoms with E-state index in [0.29, 0.717) is 0 Å². The van der Waals surface area contributed by atoms with Gasteiger partial charge in [-0.25, -0.2) is 4.79 Å². The van der Waals surface area contributed by atoms with Gasteiger partial charge in [0.15, 0.2) is 0 Å². The average Bonchev–Trinajstić information content (AvgIpc) is 2.50. The van der Waals surface area contributed by atoms with Crippen molar-refractivity contribution in [2.45, 2.75) is 25.8 Å². The first-order valence-electron chi connectivity index (χ1n) is 3.69. The van der Waals surface area contributed by atoms with Crippen LogP contribution >= 0.6 is 0 Å². The third kappa shape index (κ3) is 1.50. The lowest BCUT2D eigenvalue weighted by Crippen LogP contribution is -2.31. The lowest BCUT2D eigenvalue weighted by Gasteiger charge is -2.18. The highest BCUT2D eigenvalue weighted by atomic mass is 16.5. The van der Waals surface area contributed by atoms with Crippen molar-refractivity contribution in [2.24, 2.45) is 5.10 Å². The monoisotopic (exact) mass is 156 g/mol. The standard InChI is InChI=1S/C7H12N2O2/c1-3-6-4-5-8-9(6)7(10)11-2/h5-6H,3-4H2,1-2H3. The van der Waals surface area contributed by atoms with Crippen LogP contribution in [0, 0.1) is 0 Å². The molecule has 0 saturated heterocycles. The molecule has 11 heavy (non-hydrogen) atoms. The van der Waals surface area contributed by atoms with Gasteiger partial charge in [0.1, 0.15) is 0 Å². The van der Waals surface area contributed by atoms with Crippen molar-refractivity contribution in [3.05, 3.63) is 0 Å². The van der Waals surface area contributed by atoms with Gasteiger partial charge in [0.05, 0.1) is 13.2 Å². The third-order valence-corrected chi connectivity index (χ3v) is 1.76. The van der Waals surface area contributed by atoms with E-state index in [1.165, 1.54) is 12.1 Å². The maximum atomic E-state index is 11.0. The summed E-state index contributed by atoms with van der Waals surface area (Å²) in [6.45, 7) is 2.02. The van der Waals surface area contributed by atoms with Crippen LogP contribution in [0.3, 0.4) is 0 Å². The minimum Gasteiger partial charge on any atom is -0.451 e. The number of hydrazone groups is 1. The number of carbonyl (C=O) groups is 1. The van der Waals surface area contributed by atoms with Crippen LogP contribution in [0.4, 0.5) is 4.79 Å². The molecular formula is C7H12N2O2.